The molecule has 0 aliphatic heterocycles. The summed E-state index contributed by atoms with van der Waals surface area (Å²) >= 11 is 0.974. The Morgan fingerprint density at radius 1 is 1.00 bits per heavy atom. The molecule has 1 atom stereocenters. The number of thiophene rings is 1. The summed E-state index contributed by atoms with van der Waals surface area (Å²) in [5.74, 6) is -3.15. The van der Waals surface area contributed by atoms with Crippen LogP contribution < -0.4 is 10.2 Å². The number of rotatable bonds is 5. The third-order valence-electron chi connectivity index (χ3n) is 4.95. The molecule has 1 aromatic heterocycles. The average molecular weight is 464 g/mol. The first-order valence-corrected chi connectivity index (χ1v) is 10.3. The Morgan fingerprint density at radius 3 is 2.10 bits per heavy atom. The van der Waals surface area contributed by atoms with E-state index in [2.05, 4.69) is 5.32 Å². The van der Waals surface area contributed by atoms with E-state index in [1.165, 1.54) is 17.5 Å². The van der Waals surface area contributed by atoms with Crippen LogP contribution in [0.25, 0.3) is 0 Å². The summed E-state index contributed by atoms with van der Waals surface area (Å²) < 4.78 is 78.9. The third-order valence-corrected chi connectivity index (χ3v) is 5.88. The number of nitrogens with one attached hydrogen (secondary N) is 1. The maximum absolute atomic E-state index is 13.4. The van der Waals surface area contributed by atoms with Gasteiger partial charge >= 0.3 is 18.3 Å². The van der Waals surface area contributed by atoms with Gasteiger partial charge < -0.3 is 5.32 Å². The number of nitrogens with zero attached hydrogens (tertiary/aromatic N) is 1. The van der Waals surface area contributed by atoms with Crippen molar-refractivity contribution in [1.82, 2.24) is 5.32 Å². The summed E-state index contributed by atoms with van der Waals surface area (Å²) in [7, 11) is 0. The van der Waals surface area contributed by atoms with Gasteiger partial charge in [-0.15, -0.1) is 11.3 Å². The van der Waals surface area contributed by atoms with Crippen molar-refractivity contribution in [2.24, 2.45) is 0 Å². The molecule has 1 aliphatic rings. The molecule has 2 amide bonds. The van der Waals surface area contributed by atoms with Gasteiger partial charge in [0.15, 0.2) is 6.04 Å². The van der Waals surface area contributed by atoms with Crippen LogP contribution in [0.4, 0.5) is 32.0 Å². The van der Waals surface area contributed by atoms with Gasteiger partial charge in [-0.1, -0.05) is 18.9 Å². The molecule has 1 aliphatic carbocycles. The number of amides is 2. The molecule has 0 spiro atoms. The van der Waals surface area contributed by atoms with Crippen LogP contribution in [0.3, 0.4) is 0 Å². The highest BCUT2D eigenvalue weighted by molar-refractivity contribution is 7.10. The molecule has 1 heterocycles. The first-order chi connectivity index (χ1) is 14.5. The standard InChI is InChI=1S/C20H18F6N2O2S/c21-19(22,23)12-7-9-14(10-8-12)28(18(30)20(24,25)26)16(15-6-3-11-31-15)17(29)27-13-4-1-2-5-13/h3,6-11,13,16H,1-2,4-5H2,(H,27,29)/t16-/m1/s1. The van der Waals surface area contributed by atoms with E-state index in [1.54, 1.807) is 0 Å². The minimum atomic E-state index is -5.34. The second-order valence-corrected chi connectivity index (χ2v) is 8.10. The lowest BCUT2D eigenvalue weighted by Gasteiger charge is -2.32. The van der Waals surface area contributed by atoms with Crippen molar-refractivity contribution in [1.29, 1.82) is 0 Å². The van der Waals surface area contributed by atoms with Gasteiger partial charge in [0.25, 0.3) is 0 Å². The van der Waals surface area contributed by atoms with E-state index in [-0.39, 0.29) is 15.8 Å². The lowest BCUT2D eigenvalue weighted by atomic mass is 10.1. The van der Waals surface area contributed by atoms with Gasteiger partial charge in [0.2, 0.25) is 5.91 Å². The Labute approximate surface area is 177 Å². The van der Waals surface area contributed by atoms with Crippen LogP contribution in [-0.4, -0.2) is 24.0 Å². The second-order valence-electron chi connectivity index (χ2n) is 7.13. The van der Waals surface area contributed by atoms with Crippen molar-refractivity contribution in [3.05, 3.63) is 52.2 Å². The van der Waals surface area contributed by atoms with E-state index in [4.69, 9.17) is 0 Å². The first kappa shape index (κ1) is 23.1. The predicted molar refractivity (Wildman–Crippen MR) is 102 cm³/mol. The van der Waals surface area contributed by atoms with Gasteiger partial charge in [0.1, 0.15) is 0 Å². The Kier molecular flexibility index (Phi) is 6.63. The van der Waals surface area contributed by atoms with Crippen molar-refractivity contribution >= 4 is 28.8 Å². The van der Waals surface area contributed by atoms with Crippen LogP contribution in [0.5, 0.6) is 0 Å². The molecule has 4 nitrogen and oxygen atoms in total. The molecule has 0 radical (unpaired) electrons. The molecule has 1 aromatic carbocycles. The molecular weight excluding hydrogens is 446 g/mol. The van der Waals surface area contributed by atoms with Crippen LogP contribution in [0, 0.1) is 0 Å². The minimum absolute atomic E-state index is 0.160. The third kappa shape index (κ3) is 5.38. The summed E-state index contributed by atoms with van der Waals surface area (Å²) in [5, 5.41) is 4.22. The summed E-state index contributed by atoms with van der Waals surface area (Å²) in [6.07, 6.45) is -7.00. The van der Waals surface area contributed by atoms with Crippen molar-refractivity contribution < 1.29 is 35.9 Å². The number of benzene rings is 1. The maximum Gasteiger partial charge on any atom is 0.471 e. The van der Waals surface area contributed by atoms with Crippen LogP contribution in [0.1, 0.15) is 42.2 Å². The van der Waals surface area contributed by atoms with Crippen LogP contribution >= 0.6 is 11.3 Å². The highest BCUT2D eigenvalue weighted by Crippen LogP contribution is 2.37. The van der Waals surface area contributed by atoms with E-state index in [9.17, 15) is 35.9 Å². The van der Waals surface area contributed by atoms with Gasteiger partial charge in [-0.05, 0) is 48.6 Å². The molecular formula is C20H18F6N2O2S. The molecule has 2 aromatic rings. The summed E-state index contributed by atoms with van der Waals surface area (Å²) in [4.78, 5) is 25.7. The van der Waals surface area contributed by atoms with Crippen molar-refractivity contribution in [2.45, 2.75) is 50.1 Å². The number of alkyl halides is 6. The highest BCUT2D eigenvalue weighted by atomic mass is 32.1. The lowest BCUT2D eigenvalue weighted by molar-refractivity contribution is -0.171. The molecule has 1 fully saturated rings. The first-order valence-electron chi connectivity index (χ1n) is 9.40. The maximum atomic E-state index is 13.4. The molecule has 1 saturated carbocycles. The fourth-order valence-corrected chi connectivity index (χ4v) is 4.31. The lowest BCUT2D eigenvalue weighted by Crippen LogP contribution is -2.50. The molecule has 31 heavy (non-hydrogen) atoms. The van der Waals surface area contributed by atoms with Gasteiger partial charge in [0, 0.05) is 16.6 Å². The van der Waals surface area contributed by atoms with Crippen molar-refractivity contribution in [3.8, 4) is 0 Å². The summed E-state index contributed by atoms with van der Waals surface area (Å²) in [6, 6.07) is 3.69. The van der Waals surface area contributed by atoms with E-state index >= 15 is 0 Å². The Morgan fingerprint density at radius 2 is 1.61 bits per heavy atom. The van der Waals surface area contributed by atoms with E-state index in [0.717, 1.165) is 36.3 Å². The van der Waals surface area contributed by atoms with Crippen LogP contribution in [0.15, 0.2) is 41.8 Å². The Balaban J connectivity index is 2.05. The fraction of sp³-hybridized carbons (Fsp3) is 0.400. The van der Waals surface area contributed by atoms with Gasteiger partial charge in [0.05, 0.1) is 5.56 Å². The van der Waals surface area contributed by atoms with E-state index < -0.39 is 41.5 Å². The monoisotopic (exact) mass is 464 g/mol. The summed E-state index contributed by atoms with van der Waals surface area (Å²) in [5.41, 5.74) is -1.55. The zero-order chi connectivity index (χ0) is 22.8. The normalized spacial score (nSPS) is 16.2. The molecule has 11 heteroatoms. The zero-order valence-electron chi connectivity index (χ0n) is 16.0. The highest BCUT2D eigenvalue weighted by Gasteiger charge is 2.48. The van der Waals surface area contributed by atoms with Gasteiger partial charge in [-0.2, -0.15) is 26.3 Å². The van der Waals surface area contributed by atoms with Crippen LogP contribution in [-0.2, 0) is 15.8 Å². The van der Waals surface area contributed by atoms with E-state index in [1.807, 2.05) is 0 Å². The quantitative estimate of drug-likeness (QED) is 0.598. The molecule has 0 saturated heterocycles. The number of hydrogen-bond acceptors (Lipinski definition) is 3. The number of anilines is 1. The molecule has 0 unspecified atom stereocenters. The van der Waals surface area contributed by atoms with Crippen LogP contribution in [0.2, 0.25) is 0 Å². The molecule has 3 rings (SSSR count). The molecule has 0 bridgehead atoms. The fourth-order valence-electron chi connectivity index (χ4n) is 3.50. The molecule has 1 N–H and O–H groups in total. The largest absolute Gasteiger partial charge is 0.471 e. The number of hydrogen-bond donors (Lipinski definition) is 1. The predicted octanol–water partition coefficient (Wildman–Crippen LogP) is 5.46. The second kappa shape index (κ2) is 8.89. The van der Waals surface area contributed by atoms with Crippen molar-refractivity contribution in [2.75, 3.05) is 4.90 Å². The van der Waals surface area contributed by atoms with Gasteiger partial charge in [-0.25, -0.2) is 0 Å². The summed E-state index contributed by atoms with van der Waals surface area (Å²) in [6.45, 7) is 0. The average Bonchev–Trinajstić information content (AvgIpc) is 3.38. The Bertz CT molecular complexity index is 903. The topological polar surface area (TPSA) is 49.4 Å². The van der Waals surface area contributed by atoms with E-state index in [0.29, 0.717) is 25.0 Å². The molecule has 168 valence electrons. The zero-order valence-corrected chi connectivity index (χ0v) is 16.8. The Hall–Kier alpha value is -2.56. The number of carbonyl (C=O) groups is 2. The minimum Gasteiger partial charge on any atom is -0.351 e. The smallest absolute Gasteiger partial charge is 0.351 e. The van der Waals surface area contributed by atoms with Crippen molar-refractivity contribution in [3.63, 3.8) is 0 Å². The SMILES string of the molecule is O=C(NC1CCCC1)[C@@H](c1cccs1)N(C(=O)C(F)(F)F)c1ccc(C(F)(F)F)cc1. The van der Waals surface area contributed by atoms with Gasteiger partial charge in [-0.3, -0.25) is 14.5 Å². The number of carbonyl (C=O) groups excluding carboxylic acids is 2. The number of halogens is 6.